The Kier molecular flexibility index (Phi) is 5.20. The van der Waals surface area contributed by atoms with E-state index in [4.69, 9.17) is 0 Å². The summed E-state index contributed by atoms with van der Waals surface area (Å²) in [7, 11) is 4.16. The van der Waals surface area contributed by atoms with E-state index in [2.05, 4.69) is 41.3 Å². The van der Waals surface area contributed by atoms with Gasteiger partial charge < -0.3 is 10.2 Å². The third kappa shape index (κ3) is 3.69. The smallest absolute Gasteiger partial charge is 0.128 e. The Balaban J connectivity index is 1.94. The quantitative estimate of drug-likeness (QED) is 0.882. The van der Waals surface area contributed by atoms with Crippen LogP contribution < -0.4 is 10.2 Å². The van der Waals surface area contributed by atoms with Crippen LogP contribution in [0.1, 0.15) is 44.6 Å². The molecule has 19 heavy (non-hydrogen) atoms. The highest BCUT2D eigenvalue weighted by molar-refractivity contribution is 5.39. The van der Waals surface area contributed by atoms with Gasteiger partial charge in [-0.25, -0.2) is 4.98 Å². The number of nitrogens with one attached hydrogen (secondary N) is 1. The average Bonchev–Trinajstić information content (AvgIpc) is 2.48. The van der Waals surface area contributed by atoms with E-state index in [1.807, 2.05) is 13.2 Å². The minimum atomic E-state index is 0.672. The third-order valence-electron chi connectivity index (χ3n) is 4.49. The Morgan fingerprint density at radius 1 is 1.26 bits per heavy atom. The molecule has 1 saturated carbocycles. The van der Waals surface area contributed by atoms with Crippen molar-refractivity contribution >= 4 is 5.82 Å². The Labute approximate surface area is 117 Å². The van der Waals surface area contributed by atoms with Gasteiger partial charge in [-0.3, -0.25) is 0 Å². The molecule has 1 aliphatic rings. The van der Waals surface area contributed by atoms with E-state index in [0.717, 1.165) is 18.3 Å². The minimum absolute atomic E-state index is 0.672. The zero-order chi connectivity index (χ0) is 13.7. The molecule has 0 amide bonds. The second kappa shape index (κ2) is 6.90. The van der Waals surface area contributed by atoms with Gasteiger partial charge in [0.05, 0.1) is 0 Å². The van der Waals surface area contributed by atoms with Crippen LogP contribution in [0.2, 0.25) is 0 Å². The molecule has 0 bridgehead atoms. The van der Waals surface area contributed by atoms with Crippen LogP contribution in [-0.4, -0.2) is 25.1 Å². The molecule has 0 unspecified atom stereocenters. The zero-order valence-electron chi connectivity index (χ0n) is 12.5. The molecule has 1 aromatic heterocycles. The van der Waals surface area contributed by atoms with Crippen LogP contribution in [0.3, 0.4) is 0 Å². The molecule has 0 atom stereocenters. The molecule has 0 spiro atoms. The Bertz CT molecular complexity index is 366. The SMILES string of the molecule is CCC1CCC(N(C)c2ccc(CNC)cn2)CC1. The first kappa shape index (κ1) is 14.3. The van der Waals surface area contributed by atoms with Gasteiger partial charge >= 0.3 is 0 Å². The van der Waals surface area contributed by atoms with E-state index < -0.39 is 0 Å². The zero-order valence-corrected chi connectivity index (χ0v) is 12.5. The summed E-state index contributed by atoms with van der Waals surface area (Å²) in [6.07, 6.45) is 8.71. The molecule has 1 N–H and O–H groups in total. The molecular weight excluding hydrogens is 234 g/mol. The van der Waals surface area contributed by atoms with Crippen LogP contribution in [0.5, 0.6) is 0 Å². The second-order valence-electron chi connectivity index (χ2n) is 5.75. The van der Waals surface area contributed by atoms with Gasteiger partial charge in [0.1, 0.15) is 5.82 Å². The molecule has 3 heteroatoms. The van der Waals surface area contributed by atoms with Gasteiger partial charge in [0.25, 0.3) is 0 Å². The van der Waals surface area contributed by atoms with Gasteiger partial charge in [0.2, 0.25) is 0 Å². The summed E-state index contributed by atoms with van der Waals surface area (Å²) in [6.45, 7) is 3.20. The van der Waals surface area contributed by atoms with Gasteiger partial charge in [-0.1, -0.05) is 19.4 Å². The fraction of sp³-hybridized carbons (Fsp3) is 0.688. The highest BCUT2D eigenvalue weighted by Gasteiger charge is 2.23. The lowest BCUT2D eigenvalue weighted by Gasteiger charge is -2.35. The molecule has 0 aromatic carbocycles. The van der Waals surface area contributed by atoms with Crippen LogP contribution in [-0.2, 0) is 6.54 Å². The number of nitrogens with zero attached hydrogens (tertiary/aromatic N) is 2. The maximum atomic E-state index is 4.60. The molecule has 1 heterocycles. The first-order chi connectivity index (χ1) is 9.24. The van der Waals surface area contributed by atoms with Gasteiger partial charge in [0, 0.05) is 25.8 Å². The fourth-order valence-electron chi connectivity index (χ4n) is 3.06. The maximum Gasteiger partial charge on any atom is 0.128 e. The van der Waals surface area contributed by atoms with Crippen molar-refractivity contribution in [3.63, 3.8) is 0 Å². The van der Waals surface area contributed by atoms with E-state index >= 15 is 0 Å². The monoisotopic (exact) mass is 261 g/mol. The fourth-order valence-corrected chi connectivity index (χ4v) is 3.06. The lowest BCUT2D eigenvalue weighted by Crippen LogP contribution is -2.35. The van der Waals surface area contributed by atoms with Gasteiger partial charge in [-0.2, -0.15) is 0 Å². The van der Waals surface area contributed by atoms with Gasteiger partial charge in [-0.05, 0) is 50.3 Å². The van der Waals surface area contributed by atoms with E-state index in [1.165, 1.54) is 37.7 Å². The summed E-state index contributed by atoms with van der Waals surface area (Å²) in [5.41, 5.74) is 1.24. The molecule has 1 aromatic rings. The molecule has 0 radical (unpaired) electrons. The van der Waals surface area contributed by atoms with Crippen LogP contribution in [0.25, 0.3) is 0 Å². The van der Waals surface area contributed by atoms with Crippen molar-refractivity contribution in [2.45, 2.75) is 51.6 Å². The number of anilines is 1. The first-order valence-corrected chi connectivity index (χ1v) is 7.57. The topological polar surface area (TPSA) is 28.2 Å². The predicted octanol–water partition coefficient (Wildman–Crippen LogP) is 3.21. The standard InChI is InChI=1S/C16H27N3/c1-4-13-5-8-15(9-6-13)19(3)16-10-7-14(11-17-2)12-18-16/h7,10,12-13,15,17H,4-6,8-9,11H2,1-3H3. The Hall–Kier alpha value is -1.09. The van der Waals surface area contributed by atoms with Crippen molar-refractivity contribution < 1.29 is 0 Å². The van der Waals surface area contributed by atoms with Crippen molar-refractivity contribution in [3.05, 3.63) is 23.9 Å². The molecule has 3 nitrogen and oxygen atoms in total. The molecule has 2 rings (SSSR count). The molecule has 0 aliphatic heterocycles. The lowest BCUT2D eigenvalue weighted by molar-refractivity contribution is 0.313. The van der Waals surface area contributed by atoms with E-state index in [9.17, 15) is 0 Å². The van der Waals surface area contributed by atoms with Crippen LogP contribution in [0, 0.1) is 5.92 Å². The average molecular weight is 261 g/mol. The van der Waals surface area contributed by atoms with Crippen molar-refractivity contribution in [2.24, 2.45) is 5.92 Å². The summed E-state index contributed by atoms with van der Waals surface area (Å²) in [6, 6.07) is 5.00. The van der Waals surface area contributed by atoms with Crippen molar-refractivity contribution in [1.82, 2.24) is 10.3 Å². The van der Waals surface area contributed by atoms with Crippen molar-refractivity contribution in [3.8, 4) is 0 Å². The highest BCUT2D eigenvalue weighted by atomic mass is 15.2. The number of hydrogen-bond acceptors (Lipinski definition) is 3. The van der Waals surface area contributed by atoms with Crippen molar-refractivity contribution in [2.75, 3.05) is 19.0 Å². The second-order valence-corrected chi connectivity index (χ2v) is 5.75. The maximum absolute atomic E-state index is 4.60. The summed E-state index contributed by atoms with van der Waals surface area (Å²) >= 11 is 0. The largest absolute Gasteiger partial charge is 0.357 e. The van der Waals surface area contributed by atoms with Gasteiger partial charge in [-0.15, -0.1) is 0 Å². The number of aromatic nitrogens is 1. The number of pyridine rings is 1. The summed E-state index contributed by atoms with van der Waals surface area (Å²) in [5, 5.41) is 3.15. The van der Waals surface area contributed by atoms with E-state index in [0.29, 0.717) is 6.04 Å². The van der Waals surface area contributed by atoms with Gasteiger partial charge in [0.15, 0.2) is 0 Å². The van der Waals surface area contributed by atoms with Crippen LogP contribution >= 0.6 is 0 Å². The number of hydrogen-bond donors (Lipinski definition) is 1. The molecule has 0 saturated heterocycles. The predicted molar refractivity (Wildman–Crippen MR) is 81.4 cm³/mol. The van der Waals surface area contributed by atoms with E-state index in [-0.39, 0.29) is 0 Å². The minimum Gasteiger partial charge on any atom is -0.357 e. The normalized spacial score (nSPS) is 23.3. The van der Waals surface area contributed by atoms with Crippen LogP contribution in [0.4, 0.5) is 5.82 Å². The third-order valence-corrected chi connectivity index (χ3v) is 4.49. The Morgan fingerprint density at radius 2 is 2.00 bits per heavy atom. The number of rotatable bonds is 5. The molecule has 1 aliphatic carbocycles. The summed E-state index contributed by atoms with van der Waals surface area (Å²) in [5.74, 6) is 2.07. The summed E-state index contributed by atoms with van der Waals surface area (Å²) in [4.78, 5) is 6.97. The Morgan fingerprint density at radius 3 is 2.53 bits per heavy atom. The van der Waals surface area contributed by atoms with Crippen LogP contribution in [0.15, 0.2) is 18.3 Å². The lowest BCUT2D eigenvalue weighted by atomic mass is 9.84. The first-order valence-electron chi connectivity index (χ1n) is 7.57. The van der Waals surface area contributed by atoms with E-state index in [1.54, 1.807) is 0 Å². The molecular formula is C16H27N3. The van der Waals surface area contributed by atoms with Crippen molar-refractivity contribution in [1.29, 1.82) is 0 Å². The highest BCUT2D eigenvalue weighted by Crippen LogP contribution is 2.30. The molecule has 1 fully saturated rings. The summed E-state index contributed by atoms with van der Waals surface area (Å²) < 4.78 is 0. The molecule has 106 valence electrons.